The van der Waals surface area contributed by atoms with E-state index in [4.69, 9.17) is 10.5 Å². The van der Waals surface area contributed by atoms with Gasteiger partial charge in [-0.1, -0.05) is 19.4 Å². The monoisotopic (exact) mass is 234 g/mol. The molecule has 1 aliphatic rings. The maximum absolute atomic E-state index is 11.9. The van der Waals surface area contributed by atoms with Gasteiger partial charge in [0.15, 0.2) is 0 Å². The van der Waals surface area contributed by atoms with Crippen LogP contribution in [0.25, 0.3) is 0 Å². The molecule has 1 heterocycles. The van der Waals surface area contributed by atoms with E-state index < -0.39 is 0 Å². The Hall–Kier alpha value is -1.71. The van der Waals surface area contributed by atoms with Gasteiger partial charge >= 0.3 is 6.09 Å². The highest BCUT2D eigenvalue weighted by molar-refractivity contribution is 5.91. The van der Waals surface area contributed by atoms with Crippen LogP contribution < -0.4 is 10.6 Å². The maximum Gasteiger partial charge on any atom is 0.414 e. The molecule has 1 aliphatic heterocycles. The first-order valence-electron chi connectivity index (χ1n) is 6.05. The fraction of sp³-hybridized carbons (Fsp3) is 0.462. The van der Waals surface area contributed by atoms with E-state index in [1.807, 2.05) is 18.2 Å². The van der Waals surface area contributed by atoms with Gasteiger partial charge in [-0.15, -0.1) is 0 Å². The zero-order valence-electron chi connectivity index (χ0n) is 10.1. The molecule has 17 heavy (non-hydrogen) atoms. The van der Waals surface area contributed by atoms with Crippen molar-refractivity contribution in [3.8, 4) is 0 Å². The summed E-state index contributed by atoms with van der Waals surface area (Å²) in [5.41, 5.74) is 8.47. The highest BCUT2D eigenvalue weighted by Gasteiger charge is 2.25. The molecule has 4 nitrogen and oxygen atoms in total. The van der Waals surface area contributed by atoms with Crippen LogP contribution >= 0.6 is 0 Å². The van der Waals surface area contributed by atoms with E-state index >= 15 is 0 Å². The van der Waals surface area contributed by atoms with Crippen LogP contribution in [-0.4, -0.2) is 19.2 Å². The first kappa shape index (κ1) is 11.8. The van der Waals surface area contributed by atoms with E-state index in [0.29, 0.717) is 18.8 Å². The van der Waals surface area contributed by atoms with Crippen molar-refractivity contribution in [2.24, 2.45) is 0 Å². The molecule has 2 rings (SSSR count). The third-order valence-electron chi connectivity index (χ3n) is 2.95. The lowest BCUT2D eigenvalue weighted by atomic mass is 10.1. The van der Waals surface area contributed by atoms with E-state index in [-0.39, 0.29) is 6.09 Å². The third-order valence-corrected chi connectivity index (χ3v) is 2.95. The van der Waals surface area contributed by atoms with Crippen LogP contribution in [0.5, 0.6) is 0 Å². The highest BCUT2D eigenvalue weighted by atomic mass is 16.6. The van der Waals surface area contributed by atoms with Crippen molar-refractivity contribution >= 4 is 17.5 Å². The van der Waals surface area contributed by atoms with Crippen LogP contribution in [0.3, 0.4) is 0 Å². The normalized spacial score (nSPS) is 13.6. The fourth-order valence-electron chi connectivity index (χ4n) is 1.97. The van der Waals surface area contributed by atoms with E-state index in [1.165, 1.54) is 0 Å². The molecule has 0 spiro atoms. The number of ether oxygens (including phenoxy) is 1. The summed E-state index contributed by atoms with van der Waals surface area (Å²) in [6.45, 7) is 3.24. The van der Waals surface area contributed by atoms with Crippen molar-refractivity contribution in [1.29, 1.82) is 0 Å². The van der Waals surface area contributed by atoms with Crippen molar-refractivity contribution < 1.29 is 9.53 Å². The Morgan fingerprint density at radius 2 is 2.35 bits per heavy atom. The molecule has 0 fully saturated rings. The average molecular weight is 234 g/mol. The molecule has 0 unspecified atom stereocenters. The Labute approximate surface area is 101 Å². The number of hydrogen-bond donors (Lipinski definition) is 1. The van der Waals surface area contributed by atoms with Gasteiger partial charge in [-0.25, -0.2) is 4.79 Å². The molecular formula is C13H18N2O2. The third kappa shape index (κ3) is 2.52. The summed E-state index contributed by atoms with van der Waals surface area (Å²) in [7, 11) is 0. The number of carbonyl (C=O) groups is 1. The van der Waals surface area contributed by atoms with Gasteiger partial charge in [-0.05, 0) is 30.5 Å². The summed E-state index contributed by atoms with van der Waals surface area (Å²) >= 11 is 0. The minimum Gasteiger partial charge on any atom is -0.449 e. The van der Waals surface area contributed by atoms with Crippen molar-refractivity contribution in [2.75, 3.05) is 23.8 Å². The van der Waals surface area contributed by atoms with Crippen LogP contribution in [0.2, 0.25) is 0 Å². The second-order valence-electron chi connectivity index (χ2n) is 4.26. The number of fused-ring (bicyclic) bond motifs is 1. The van der Waals surface area contributed by atoms with Gasteiger partial charge < -0.3 is 10.5 Å². The number of nitrogens with zero attached hydrogens (tertiary/aromatic N) is 1. The van der Waals surface area contributed by atoms with Crippen molar-refractivity contribution in [3.63, 3.8) is 0 Å². The summed E-state index contributed by atoms with van der Waals surface area (Å²) in [6, 6.07) is 5.68. The van der Waals surface area contributed by atoms with Crippen LogP contribution in [0, 0.1) is 0 Å². The van der Waals surface area contributed by atoms with Gasteiger partial charge in [0.05, 0.1) is 12.3 Å². The number of benzene rings is 1. The molecule has 2 N–H and O–H groups in total. The second-order valence-corrected chi connectivity index (χ2v) is 4.26. The van der Waals surface area contributed by atoms with Crippen LogP contribution in [0.4, 0.5) is 16.2 Å². The molecule has 0 aromatic heterocycles. The average Bonchev–Trinajstić information content (AvgIpc) is 2.72. The fourth-order valence-corrected chi connectivity index (χ4v) is 1.97. The van der Waals surface area contributed by atoms with Gasteiger partial charge in [0, 0.05) is 12.2 Å². The van der Waals surface area contributed by atoms with Gasteiger partial charge in [0.1, 0.15) is 0 Å². The smallest absolute Gasteiger partial charge is 0.414 e. The Kier molecular flexibility index (Phi) is 3.52. The number of anilines is 2. The summed E-state index contributed by atoms with van der Waals surface area (Å²) in [5.74, 6) is 0. The standard InChI is InChI=1S/C13H18N2O2/c1-2-3-8-17-13(16)15-7-6-10-4-5-11(14)9-12(10)15/h4-5,9H,2-3,6-8,14H2,1H3. The van der Waals surface area contributed by atoms with E-state index in [2.05, 4.69) is 6.92 Å². The Morgan fingerprint density at radius 1 is 1.53 bits per heavy atom. The minimum atomic E-state index is -0.261. The number of carbonyl (C=O) groups excluding carboxylic acids is 1. The second kappa shape index (κ2) is 5.08. The molecule has 1 amide bonds. The topological polar surface area (TPSA) is 55.6 Å². The lowest BCUT2D eigenvalue weighted by Crippen LogP contribution is -2.29. The van der Waals surface area contributed by atoms with Crippen molar-refractivity contribution in [2.45, 2.75) is 26.2 Å². The molecule has 0 saturated carbocycles. The zero-order chi connectivity index (χ0) is 12.3. The maximum atomic E-state index is 11.9. The Balaban J connectivity index is 2.05. The first-order chi connectivity index (χ1) is 8.22. The number of hydrogen-bond acceptors (Lipinski definition) is 3. The number of amides is 1. The first-order valence-corrected chi connectivity index (χ1v) is 6.05. The molecule has 0 bridgehead atoms. The molecule has 0 atom stereocenters. The predicted octanol–water partition coefficient (Wildman–Crippen LogP) is 2.57. The van der Waals surface area contributed by atoms with E-state index in [0.717, 1.165) is 30.5 Å². The summed E-state index contributed by atoms with van der Waals surface area (Å²) < 4.78 is 5.21. The number of rotatable bonds is 3. The summed E-state index contributed by atoms with van der Waals surface area (Å²) in [6.07, 6.45) is 2.54. The molecule has 0 aliphatic carbocycles. The Bertz CT molecular complexity index is 418. The van der Waals surface area contributed by atoms with E-state index in [9.17, 15) is 4.79 Å². The molecular weight excluding hydrogens is 216 g/mol. The highest BCUT2D eigenvalue weighted by Crippen LogP contribution is 2.30. The van der Waals surface area contributed by atoms with Crippen molar-refractivity contribution in [1.82, 2.24) is 0 Å². The number of unbranched alkanes of at least 4 members (excludes halogenated alkanes) is 1. The molecule has 92 valence electrons. The molecule has 1 aromatic carbocycles. The lowest BCUT2D eigenvalue weighted by Gasteiger charge is -2.17. The van der Waals surface area contributed by atoms with Crippen LogP contribution in [0.1, 0.15) is 25.3 Å². The number of nitrogens with two attached hydrogens (primary N) is 1. The summed E-state index contributed by atoms with van der Waals surface area (Å²) in [4.78, 5) is 13.5. The molecule has 4 heteroatoms. The number of nitrogen functional groups attached to an aromatic ring is 1. The molecule has 0 radical (unpaired) electrons. The van der Waals surface area contributed by atoms with E-state index in [1.54, 1.807) is 4.90 Å². The zero-order valence-corrected chi connectivity index (χ0v) is 10.1. The lowest BCUT2D eigenvalue weighted by molar-refractivity contribution is 0.152. The van der Waals surface area contributed by atoms with Gasteiger partial charge in [-0.3, -0.25) is 4.90 Å². The largest absolute Gasteiger partial charge is 0.449 e. The van der Waals surface area contributed by atoms with Gasteiger partial charge in [0.2, 0.25) is 0 Å². The van der Waals surface area contributed by atoms with Crippen molar-refractivity contribution in [3.05, 3.63) is 23.8 Å². The molecule has 1 aromatic rings. The molecule has 0 saturated heterocycles. The van der Waals surface area contributed by atoms with Crippen LogP contribution in [-0.2, 0) is 11.2 Å². The van der Waals surface area contributed by atoms with Gasteiger partial charge in [0.25, 0.3) is 0 Å². The van der Waals surface area contributed by atoms with Crippen LogP contribution in [0.15, 0.2) is 18.2 Å². The SMILES string of the molecule is CCCCOC(=O)N1CCc2ccc(N)cc21. The summed E-state index contributed by atoms with van der Waals surface area (Å²) in [5, 5.41) is 0. The quantitative estimate of drug-likeness (QED) is 0.646. The minimum absolute atomic E-state index is 0.261. The predicted molar refractivity (Wildman–Crippen MR) is 68.2 cm³/mol. The Morgan fingerprint density at radius 3 is 3.12 bits per heavy atom. The van der Waals surface area contributed by atoms with Gasteiger partial charge in [-0.2, -0.15) is 0 Å².